The quantitative estimate of drug-likeness (QED) is 0.887. The van der Waals surface area contributed by atoms with Crippen LogP contribution in [0.2, 0.25) is 0 Å². The molecule has 0 spiro atoms. The van der Waals surface area contributed by atoms with Crippen molar-refractivity contribution in [2.45, 2.75) is 38.1 Å². The summed E-state index contributed by atoms with van der Waals surface area (Å²) in [6.45, 7) is 1.05. The zero-order valence-electron chi connectivity index (χ0n) is 11.4. The van der Waals surface area contributed by atoms with E-state index >= 15 is 0 Å². The number of hydrogen-bond acceptors (Lipinski definition) is 3. The monoisotopic (exact) mass is 259 g/mol. The fourth-order valence-electron chi connectivity index (χ4n) is 3.34. The van der Waals surface area contributed by atoms with Gasteiger partial charge in [0.15, 0.2) is 5.78 Å². The van der Waals surface area contributed by atoms with Gasteiger partial charge in [0.2, 0.25) is 0 Å². The number of fused-ring (bicyclic) bond motifs is 1. The van der Waals surface area contributed by atoms with Crippen molar-refractivity contribution < 1.29 is 9.53 Å². The molecule has 1 heterocycles. The Kier molecular flexibility index (Phi) is 3.56. The van der Waals surface area contributed by atoms with Crippen LogP contribution in [-0.4, -0.2) is 25.5 Å². The third kappa shape index (κ3) is 2.39. The minimum Gasteiger partial charge on any atom is -0.497 e. The topological polar surface area (TPSA) is 38.3 Å². The van der Waals surface area contributed by atoms with E-state index in [9.17, 15) is 4.79 Å². The fraction of sp³-hybridized carbons (Fsp3) is 0.562. The van der Waals surface area contributed by atoms with Crippen molar-refractivity contribution in [3.63, 3.8) is 0 Å². The lowest BCUT2D eigenvalue weighted by Crippen LogP contribution is -2.38. The van der Waals surface area contributed by atoms with Crippen molar-refractivity contribution >= 4 is 5.78 Å². The largest absolute Gasteiger partial charge is 0.497 e. The summed E-state index contributed by atoms with van der Waals surface area (Å²) in [5, 5.41) is 3.57. The fourth-order valence-corrected chi connectivity index (χ4v) is 3.34. The summed E-state index contributed by atoms with van der Waals surface area (Å²) in [6.07, 6.45) is 5.77. The highest BCUT2D eigenvalue weighted by Crippen LogP contribution is 2.33. The average Bonchev–Trinajstić information content (AvgIpc) is 2.64. The Hall–Kier alpha value is -1.35. The highest BCUT2D eigenvalue weighted by Gasteiger charge is 2.36. The first kappa shape index (κ1) is 12.7. The highest BCUT2D eigenvalue weighted by molar-refractivity contribution is 6.03. The van der Waals surface area contributed by atoms with Gasteiger partial charge in [-0.3, -0.25) is 4.79 Å². The molecule has 0 radical (unpaired) electrons. The summed E-state index contributed by atoms with van der Waals surface area (Å²) in [5.41, 5.74) is 2.05. The van der Waals surface area contributed by atoms with E-state index < -0.39 is 0 Å². The molecule has 0 bridgehead atoms. The molecule has 0 aromatic heterocycles. The molecule has 1 aliphatic carbocycles. The zero-order valence-corrected chi connectivity index (χ0v) is 11.4. The van der Waals surface area contributed by atoms with Crippen LogP contribution in [0, 0.1) is 5.92 Å². The van der Waals surface area contributed by atoms with Crippen molar-refractivity contribution in [3.05, 3.63) is 29.3 Å². The SMILES string of the molecule is COc1ccc2c(c1)C(=O)C(C1CCCCCN1)C2. The molecule has 1 saturated heterocycles. The Bertz CT molecular complexity index is 476. The molecule has 3 heteroatoms. The van der Waals surface area contributed by atoms with Crippen molar-refractivity contribution in [3.8, 4) is 5.75 Å². The van der Waals surface area contributed by atoms with Crippen LogP contribution < -0.4 is 10.1 Å². The molecule has 1 aromatic carbocycles. The van der Waals surface area contributed by atoms with Gasteiger partial charge in [-0.15, -0.1) is 0 Å². The number of carbonyl (C=O) groups is 1. The van der Waals surface area contributed by atoms with Crippen LogP contribution in [0.15, 0.2) is 18.2 Å². The second kappa shape index (κ2) is 5.33. The lowest BCUT2D eigenvalue weighted by Gasteiger charge is -2.21. The number of ketones is 1. The average molecular weight is 259 g/mol. The lowest BCUT2D eigenvalue weighted by atomic mass is 9.92. The summed E-state index contributed by atoms with van der Waals surface area (Å²) in [6, 6.07) is 6.25. The molecule has 3 nitrogen and oxygen atoms in total. The minimum absolute atomic E-state index is 0.125. The third-order valence-corrected chi connectivity index (χ3v) is 4.44. The van der Waals surface area contributed by atoms with Crippen LogP contribution in [0.1, 0.15) is 41.6 Å². The molecule has 0 saturated carbocycles. The Morgan fingerprint density at radius 3 is 3.00 bits per heavy atom. The van der Waals surface area contributed by atoms with Crippen molar-refractivity contribution in [1.82, 2.24) is 5.32 Å². The van der Waals surface area contributed by atoms with Crippen LogP contribution in [0.5, 0.6) is 5.75 Å². The Balaban J connectivity index is 1.82. The molecule has 3 rings (SSSR count). The molecule has 102 valence electrons. The Morgan fingerprint density at radius 1 is 1.26 bits per heavy atom. The first-order valence-electron chi connectivity index (χ1n) is 7.24. The molecule has 1 aromatic rings. The minimum atomic E-state index is 0.125. The molecule has 0 amide bonds. The normalized spacial score (nSPS) is 26.9. The summed E-state index contributed by atoms with van der Waals surface area (Å²) in [4.78, 5) is 12.6. The van der Waals surface area contributed by atoms with E-state index in [0.29, 0.717) is 11.8 Å². The van der Waals surface area contributed by atoms with Crippen molar-refractivity contribution in [2.75, 3.05) is 13.7 Å². The summed E-state index contributed by atoms with van der Waals surface area (Å²) >= 11 is 0. The van der Waals surface area contributed by atoms with Crippen LogP contribution in [-0.2, 0) is 6.42 Å². The van der Waals surface area contributed by atoms with Gasteiger partial charge in [0.1, 0.15) is 5.75 Å². The van der Waals surface area contributed by atoms with E-state index in [-0.39, 0.29) is 5.92 Å². The second-order valence-corrected chi connectivity index (χ2v) is 5.61. The maximum atomic E-state index is 12.6. The van der Waals surface area contributed by atoms with Gasteiger partial charge in [0.25, 0.3) is 0 Å². The summed E-state index contributed by atoms with van der Waals surface area (Å²) < 4.78 is 5.22. The number of benzene rings is 1. The van der Waals surface area contributed by atoms with E-state index in [1.165, 1.54) is 24.8 Å². The number of carbonyl (C=O) groups excluding carboxylic acids is 1. The van der Waals surface area contributed by atoms with Gasteiger partial charge in [0, 0.05) is 17.5 Å². The molecular formula is C16H21NO2. The van der Waals surface area contributed by atoms with Crippen LogP contribution in [0.25, 0.3) is 0 Å². The van der Waals surface area contributed by atoms with E-state index in [0.717, 1.165) is 30.7 Å². The van der Waals surface area contributed by atoms with Gasteiger partial charge in [-0.25, -0.2) is 0 Å². The molecule has 1 fully saturated rings. The maximum Gasteiger partial charge on any atom is 0.168 e. The number of methoxy groups -OCH3 is 1. The van der Waals surface area contributed by atoms with Gasteiger partial charge >= 0.3 is 0 Å². The summed E-state index contributed by atoms with van der Waals surface area (Å²) in [5.74, 6) is 1.20. The van der Waals surface area contributed by atoms with Gasteiger partial charge in [0.05, 0.1) is 7.11 Å². The van der Waals surface area contributed by atoms with E-state index in [1.807, 2.05) is 18.2 Å². The van der Waals surface area contributed by atoms with Crippen molar-refractivity contribution in [2.24, 2.45) is 5.92 Å². The molecule has 2 aliphatic rings. The molecule has 1 aliphatic heterocycles. The molecule has 19 heavy (non-hydrogen) atoms. The number of rotatable bonds is 2. The van der Waals surface area contributed by atoms with E-state index in [1.54, 1.807) is 7.11 Å². The van der Waals surface area contributed by atoms with Crippen LogP contribution in [0.4, 0.5) is 0 Å². The van der Waals surface area contributed by atoms with E-state index in [2.05, 4.69) is 5.32 Å². The second-order valence-electron chi connectivity index (χ2n) is 5.61. The maximum absolute atomic E-state index is 12.6. The van der Waals surface area contributed by atoms with Crippen LogP contribution >= 0.6 is 0 Å². The molecule has 2 unspecified atom stereocenters. The lowest BCUT2D eigenvalue weighted by molar-refractivity contribution is 0.0906. The zero-order chi connectivity index (χ0) is 13.2. The first-order valence-corrected chi connectivity index (χ1v) is 7.24. The molecule has 2 atom stereocenters. The molecule has 1 N–H and O–H groups in total. The highest BCUT2D eigenvalue weighted by atomic mass is 16.5. The van der Waals surface area contributed by atoms with Gasteiger partial charge in [-0.2, -0.15) is 0 Å². The summed E-state index contributed by atoms with van der Waals surface area (Å²) in [7, 11) is 1.64. The van der Waals surface area contributed by atoms with E-state index in [4.69, 9.17) is 4.74 Å². The van der Waals surface area contributed by atoms with Crippen LogP contribution in [0.3, 0.4) is 0 Å². The predicted molar refractivity (Wildman–Crippen MR) is 74.8 cm³/mol. The van der Waals surface area contributed by atoms with Gasteiger partial charge < -0.3 is 10.1 Å². The third-order valence-electron chi connectivity index (χ3n) is 4.44. The standard InChI is InChI=1S/C16H21NO2/c1-19-12-7-6-11-9-14(16(18)13(11)10-12)15-5-3-2-4-8-17-15/h6-7,10,14-15,17H,2-5,8-9H2,1H3. The number of nitrogens with one attached hydrogen (secondary N) is 1. The number of hydrogen-bond donors (Lipinski definition) is 1. The Morgan fingerprint density at radius 2 is 2.16 bits per heavy atom. The number of Topliss-reactive ketones (excluding diaryl/α,β-unsaturated/α-hetero) is 1. The van der Waals surface area contributed by atoms with Crippen molar-refractivity contribution in [1.29, 1.82) is 0 Å². The van der Waals surface area contributed by atoms with Gasteiger partial charge in [-0.05, 0) is 43.5 Å². The molecular weight excluding hydrogens is 238 g/mol. The number of ether oxygens (including phenoxy) is 1. The smallest absolute Gasteiger partial charge is 0.168 e. The van der Waals surface area contributed by atoms with Gasteiger partial charge in [-0.1, -0.05) is 18.9 Å². The Labute approximate surface area is 114 Å². The predicted octanol–water partition coefficient (Wildman–Crippen LogP) is 2.58. The first-order chi connectivity index (χ1) is 9.29.